The number of hydrogen-bond acceptors (Lipinski definition) is 3. The van der Waals surface area contributed by atoms with E-state index in [4.69, 9.17) is 10.5 Å². The molecule has 3 nitrogen and oxygen atoms in total. The fourth-order valence-electron chi connectivity index (χ4n) is 2.71. The molecule has 2 aromatic rings. The number of nitrogens with zero attached hydrogens (tertiary/aromatic N) is 1. The Kier molecular flexibility index (Phi) is 4.06. The van der Waals surface area contributed by atoms with Gasteiger partial charge in [0.25, 0.3) is 0 Å². The van der Waals surface area contributed by atoms with Crippen molar-refractivity contribution in [1.29, 1.82) is 0 Å². The molecule has 1 heterocycles. The molecule has 0 saturated carbocycles. The summed E-state index contributed by atoms with van der Waals surface area (Å²) in [6.07, 6.45) is 0.952. The molecule has 0 aliphatic carbocycles. The highest BCUT2D eigenvalue weighted by atomic mass is 19.1. The zero-order valence-electron chi connectivity index (χ0n) is 11.9. The van der Waals surface area contributed by atoms with Crippen LogP contribution >= 0.6 is 0 Å². The van der Waals surface area contributed by atoms with Crippen LogP contribution in [0.25, 0.3) is 0 Å². The van der Waals surface area contributed by atoms with Gasteiger partial charge in [0.05, 0.1) is 12.3 Å². The van der Waals surface area contributed by atoms with Gasteiger partial charge in [-0.3, -0.25) is 0 Å². The van der Waals surface area contributed by atoms with E-state index in [1.807, 2.05) is 30.3 Å². The third-order valence-electron chi connectivity index (χ3n) is 3.66. The van der Waals surface area contributed by atoms with E-state index in [1.165, 1.54) is 6.07 Å². The fourth-order valence-corrected chi connectivity index (χ4v) is 2.71. The summed E-state index contributed by atoms with van der Waals surface area (Å²) in [6.45, 7) is 2.62. The lowest BCUT2D eigenvalue weighted by Gasteiger charge is -2.24. The summed E-state index contributed by atoms with van der Waals surface area (Å²) in [6, 6.07) is 13.0. The monoisotopic (exact) mass is 286 g/mol. The molecular formula is C17H19FN2O. The average Bonchev–Trinajstić information content (AvgIpc) is 2.69. The summed E-state index contributed by atoms with van der Waals surface area (Å²) in [5.41, 5.74) is 8.45. The Morgan fingerprint density at radius 1 is 1.14 bits per heavy atom. The maximum absolute atomic E-state index is 13.6. The molecule has 0 bridgehead atoms. The average molecular weight is 286 g/mol. The predicted octanol–water partition coefficient (Wildman–Crippen LogP) is 3.07. The Morgan fingerprint density at radius 3 is 2.81 bits per heavy atom. The molecule has 0 atom stereocenters. The maximum Gasteiger partial charge on any atom is 0.142 e. The second-order valence-corrected chi connectivity index (χ2v) is 5.26. The first-order chi connectivity index (χ1) is 10.3. The van der Waals surface area contributed by atoms with Crippen LogP contribution in [0, 0.1) is 5.82 Å². The number of para-hydroxylation sites is 2. The van der Waals surface area contributed by atoms with Crippen molar-refractivity contribution in [3.05, 3.63) is 59.4 Å². The first kappa shape index (κ1) is 13.9. The lowest BCUT2D eigenvalue weighted by atomic mass is 10.1. The van der Waals surface area contributed by atoms with Gasteiger partial charge < -0.3 is 15.4 Å². The Bertz CT molecular complexity index is 630. The van der Waals surface area contributed by atoms with Crippen LogP contribution in [0.5, 0.6) is 5.75 Å². The van der Waals surface area contributed by atoms with Crippen molar-refractivity contribution >= 4 is 5.69 Å². The van der Waals surface area contributed by atoms with Gasteiger partial charge in [0, 0.05) is 19.6 Å². The third kappa shape index (κ3) is 3.16. The van der Waals surface area contributed by atoms with Gasteiger partial charge in [0.1, 0.15) is 11.6 Å². The molecule has 2 N–H and O–H groups in total. The van der Waals surface area contributed by atoms with Crippen molar-refractivity contribution in [3.63, 3.8) is 0 Å². The molecule has 0 amide bonds. The molecule has 1 aliphatic heterocycles. The zero-order valence-corrected chi connectivity index (χ0v) is 11.9. The molecule has 2 aromatic carbocycles. The number of ether oxygens (including phenoxy) is 1. The summed E-state index contributed by atoms with van der Waals surface area (Å²) in [5.74, 6) is 0.665. The summed E-state index contributed by atoms with van der Waals surface area (Å²) in [5, 5.41) is 0. The van der Waals surface area contributed by atoms with Gasteiger partial charge in [-0.05, 0) is 41.8 Å². The van der Waals surface area contributed by atoms with E-state index in [-0.39, 0.29) is 5.82 Å². The summed E-state index contributed by atoms with van der Waals surface area (Å²) in [7, 11) is 0. The van der Waals surface area contributed by atoms with E-state index in [1.54, 1.807) is 6.07 Å². The number of rotatable bonds is 3. The van der Waals surface area contributed by atoms with Gasteiger partial charge >= 0.3 is 0 Å². The number of anilines is 1. The van der Waals surface area contributed by atoms with Crippen LogP contribution in [0.4, 0.5) is 10.1 Å². The molecule has 110 valence electrons. The first-order valence-corrected chi connectivity index (χ1v) is 7.21. The molecule has 0 saturated heterocycles. The second-order valence-electron chi connectivity index (χ2n) is 5.26. The quantitative estimate of drug-likeness (QED) is 0.942. The maximum atomic E-state index is 13.6. The minimum absolute atomic E-state index is 0.229. The highest BCUT2D eigenvalue weighted by Crippen LogP contribution is 2.31. The third-order valence-corrected chi connectivity index (χ3v) is 3.66. The number of halogens is 1. The minimum Gasteiger partial charge on any atom is -0.491 e. The van der Waals surface area contributed by atoms with Gasteiger partial charge in [-0.25, -0.2) is 4.39 Å². The fraction of sp³-hybridized carbons (Fsp3) is 0.294. The van der Waals surface area contributed by atoms with Crippen molar-refractivity contribution in [2.24, 2.45) is 5.73 Å². The minimum atomic E-state index is -0.229. The van der Waals surface area contributed by atoms with E-state index in [0.29, 0.717) is 19.7 Å². The number of fused-ring (bicyclic) bond motifs is 1. The highest BCUT2D eigenvalue weighted by Gasteiger charge is 2.16. The molecule has 0 aromatic heterocycles. The van der Waals surface area contributed by atoms with Gasteiger partial charge in [-0.15, -0.1) is 0 Å². The number of hydrogen-bond donors (Lipinski definition) is 1. The molecule has 3 rings (SSSR count). The van der Waals surface area contributed by atoms with E-state index in [2.05, 4.69) is 4.90 Å². The highest BCUT2D eigenvalue weighted by molar-refractivity contribution is 5.59. The van der Waals surface area contributed by atoms with E-state index < -0.39 is 0 Å². The van der Waals surface area contributed by atoms with E-state index >= 15 is 0 Å². The van der Waals surface area contributed by atoms with Crippen molar-refractivity contribution in [2.45, 2.75) is 19.5 Å². The second kappa shape index (κ2) is 6.14. The molecule has 4 heteroatoms. The van der Waals surface area contributed by atoms with Gasteiger partial charge in [-0.2, -0.15) is 0 Å². The lowest BCUT2D eigenvalue weighted by molar-refractivity contribution is 0.322. The lowest BCUT2D eigenvalue weighted by Crippen LogP contribution is -2.23. The zero-order chi connectivity index (χ0) is 14.7. The normalized spacial score (nSPS) is 14.3. The summed E-state index contributed by atoms with van der Waals surface area (Å²) >= 11 is 0. The Balaban J connectivity index is 1.89. The largest absolute Gasteiger partial charge is 0.491 e. The van der Waals surface area contributed by atoms with Gasteiger partial charge in [0.2, 0.25) is 0 Å². The Labute approximate surface area is 124 Å². The first-order valence-electron chi connectivity index (χ1n) is 7.21. The molecule has 0 unspecified atom stereocenters. The SMILES string of the molecule is NCc1cc(F)cc(CN2CCCOc3ccccc32)c1. The van der Waals surface area contributed by atoms with E-state index in [9.17, 15) is 4.39 Å². The van der Waals surface area contributed by atoms with E-state index in [0.717, 1.165) is 35.5 Å². The molecule has 0 spiro atoms. The van der Waals surface area contributed by atoms with Crippen molar-refractivity contribution in [2.75, 3.05) is 18.1 Å². The smallest absolute Gasteiger partial charge is 0.142 e. The number of benzene rings is 2. The predicted molar refractivity (Wildman–Crippen MR) is 81.9 cm³/mol. The summed E-state index contributed by atoms with van der Waals surface area (Å²) in [4.78, 5) is 2.23. The molecule has 0 fully saturated rings. The van der Waals surface area contributed by atoms with Crippen LogP contribution in [-0.2, 0) is 13.1 Å². The molecule has 1 aliphatic rings. The molecular weight excluding hydrogens is 267 g/mol. The number of nitrogens with two attached hydrogens (primary N) is 1. The van der Waals surface area contributed by atoms with Crippen LogP contribution in [0.1, 0.15) is 17.5 Å². The summed E-state index contributed by atoms with van der Waals surface area (Å²) < 4.78 is 19.4. The van der Waals surface area contributed by atoms with Gasteiger partial charge in [0.15, 0.2) is 0 Å². The van der Waals surface area contributed by atoms with Crippen molar-refractivity contribution in [3.8, 4) is 5.75 Å². The van der Waals surface area contributed by atoms with Crippen LogP contribution in [0.2, 0.25) is 0 Å². The van der Waals surface area contributed by atoms with Crippen LogP contribution in [0.3, 0.4) is 0 Å². The van der Waals surface area contributed by atoms with Crippen LogP contribution < -0.4 is 15.4 Å². The molecule has 0 radical (unpaired) electrons. The van der Waals surface area contributed by atoms with Crippen LogP contribution in [-0.4, -0.2) is 13.2 Å². The molecule has 21 heavy (non-hydrogen) atoms. The van der Waals surface area contributed by atoms with Crippen LogP contribution in [0.15, 0.2) is 42.5 Å². The topological polar surface area (TPSA) is 38.5 Å². The van der Waals surface area contributed by atoms with Gasteiger partial charge in [-0.1, -0.05) is 18.2 Å². The Hall–Kier alpha value is -2.07. The Morgan fingerprint density at radius 2 is 1.95 bits per heavy atom. The van der Waals surface area contributed by atoms with Crippen molar-refractivity contribution < 1.29 is 9.13 Å². The standard InChI is InChI=1S/C17H19FN2O/c18-15-9-13(11-19)8-14(10-15)12-20-6-3-7-21-17-5-2-1-4-16(17)20/h1-2,4-5,8-10H,3,6-7,11-12,19H2. The van der Waals surface area contributed by atoms with Crippen molar-refractivity contribution in [1.82, 2.24) is 0 Å².